The van der Waals surface area contributed by atoms with Gasteiger partial charge in [-0.25, -0.2) is 8.42 Å². The van der Waals surface area contributed by atoms with Gasteiger partial charge in [0.1, 0.15) is 11.9 Å². The Morgan fingerprint density at radius 2 is 1.68 bits per heavy atom. The minimum absolute atomic E-state index is 0.0759. The minimum Gasteiger partial charge on any atom is -0.480 e. The number of amides is 1. The molecule has 0 spiro atoms. The first-order valence-corrected chi connectivity index (χ1v) is 24.5. The number of nitrogens with zero attached hydrogens (tertiary/aromatic N) is 4. The Balaban J connectivity index is 1.46. The molecule has 0 aliphatic carbocycles. The van der Waals surface area contributed by atoms with E-state index in [0.717, 1.165) is 14.7 Å². The van der Waals surface area contributed by atoms with Crippen LogP contribution in [-0.2, 0) is 63.9 Å². The number of carbonyl (C=O) groups excluding carboxylic acids is 1. The third-order valence-electron chi connectivity index (χ3n) is 9.99. The molecule has 4 aromatic rings. The summed E-state index contributed by atoms with van der Waals surface area (Å²) >= 11 is 8.66. The number of fused-ring (bicyclic) bond motifs is 1. The molecule has 1 atom stereocenters. The van der Waals surface area contributed by atoms with Gasteiger partial charge >= 0.3 is 11.9 Å². The zero-order valence-electron chi connectivity index (χ0n) is 32.0. The van der Waals surface area contributed by atoms with E-state index in [9.17, 15) is 53.8 Å². The van der Waals surface area contributed by atoms with Crippen LogP contribution in [0.15, 0.2) is 111 Å². The third-order valence-corrected chi connectivity index (χ3v) is 14.2. The first-order chi connectivity index (χ1) is 29.2. The number of allylic oxidation sites excluding steroid dienone is 3. The molecule has 3 aliphatic rings. The normalized spacial score (nSPS) is 19.6. The smallest absolute Gasteiger partial charge is 0.323 e. The average Bonchev–Trinajstić information content (AvgIpc) is 3.89. The Morgan fingerprint density at radius 1 is 0.968 bits per heavy atom. The number of thiocarbonyl (C=S) groups is 1. The standard InChI is InChI=1S/C39H35BrN4O14S4/c40-27-11-12-31-29(20-27)42(21-26-8-4-5-9-32(26)62(54,55)56)33(57-31)13-10-25(18-24-6-2-1-3-7-24)19-30-37(47)44(28-14-16-60(49,50)23-28)36(43(30)22-34(45)46)35-38(48)41(39(59)58-35)15-17-61(51,52)53/h1-13,19-20,28H,14-18,21-23H2,(H,45,46)(H,51,52,53)(H,54,55,56)/b25-10?,30-19?,33-13?,36-35-. The highest BCUT2D eigenvalue weighted by molar-refractivity contribution is 9.10. The number of hydrogen-bond donors (Lipinski definition) is 3. The number of imidazole rings is 1. The number of rotatable bonds is 13. The molecule has 1 aromatic heterocycles. The molecule has 1 unspecified atom stereocenters. The SMILES string of the molecule is O=C(O)Cn1c(=CC(=CC=C2Oc3ccc(Br)cc3N2Cc2ccccc2S(=O)(=O)O)Cc2ccccc2)c(=O)n(C2CCS(=O)(=O)C2)/c1=C1\OC(=S)N(CCS(=O)(=O)O)C1=O. The summed E-state index contributed by atoms with van der Waals surface area (Å²) in [6.45, 7) is -1.68. The lowest BCUT2D eigenvalue weighted by Crippen LogP contribution is -2.39. The molecule has 4 heterocycles. The zero-order valence-corrected chi connectivity index (χ0v) is 36.9. The number of carboxylic acids is 1. The van der Waals surface area contributed by atoms with Crippen LogP contribution in [0.3, 0.4) is 0 Å². The van der Waals surface area contributed by atoms with Gasteiger partial charge in [0.15, 0.2) is 21.1 Å². The zero-order chi connectivity index (χ0) is 44.7. The highest BCUT2D eigenvalue weighted by Gasteiger charge is 2.39. The van der Waals surface area contributed by atoms with E-state index in [1.54, 1.807) is 71.6 Å². The van der Waals surface area contributed by atoms with Crippen molar-refractivity contribution in [1.82, 2.24) is 14.0 Å². The Morgan fingerprint density at radius 3 is 2.34 bits per heavy atom. The molecule has 18 nitrogen and oxygen atoms in total. The number of halogens is 1. The lowest BCUT2D eigenvalue weighted by molar-refractivity contribution is -0.137. The first-order valence-electron chi connectivity index (χ1n) is 18.4. The summed E-state index contributed by atoms with van der Waals surface area (Å²) in [6.07, 6.45) is 4.57. The predicted molar refractivity (Wildman–Crippen MR) is 231 cm³/mol. The summed E-state index contributed by atoms with van der Waals surface area (Å²) in [4.78, 5) is 43.1. The van der Waals surface area contributed by atoms with Crippen LogP contribution in [0.4, 0.5) is 5.69 Å². The fourth-order valence-corrected chi connectivity index (χ4v) is 10.7. The number of anilines is 1. The topological polar surface area (TPSA) is 249 Å². The van der Waals surface area contributed by atoms with Gasteiger partial charge in [-0.15, -0.1) is 0 Å². The lowest BCUT2D eigenvalue weighted by Gasteiger charge is -2.20. The average molecular weight is 992 g/mol. The molecule has 0 radical (unpaired) electrons. The van der Waals surface area contributed by atoms with E-state index in [1.165, 1.54) is 24.3 Å². The second kappa shape index (κ2) is 17.4. The maximum absolute atomic E-state index is 14.7. The highest BCUT2D eigenvalue weighted by Crippen LogP contribution is 2.42. The highest BCUT2D eigenvalue weighted by atomic mass is 79.9. The van der Waals surface area contributed by atoms with Crippen molar-refractivity contribution in [2.24, 2.45) is 0 Å². The molecule has 3 N–H and O–H groups in total. The lowest BCUT2D eigenvalue weighted by atomic mass is 10.0. The first kappa shape index (κ1) is 44.6. The van der Waals surface area contributed by atoms with Crippen LogP contribution in [0.2, 0.25) is 0 Å². The van der Waals surface area contributed by atoms with Gasteiger partial charge in [-0.3, -0.25) is 33.0 Å². The van der Waals surface area contributed by atoms with Crippen molar-refractivity contribution in [3.05, 3.63) is 133 Å². The van der Waals surface area contributed by atoms with Crippen molar-refractivity contribution in [1.29, 1.82) is 0 Å². The Hall–Kier alpha value is -5.43. The molecule has 326 valence electrons. The summed E-state index contributed by atoms with van der Waals surface area (Å²) in [5, 5.41) is 9.34. The van der Waals surface area contributed by atoms with E-state index in [4.69, 9.17) is 21.7 Å². The molecule has 23 heteroatoms. The molecule has 2 fully saturated rings. The molecule has 0 saturated carbocycles. The number of ether oxygens (including phenoxy) is 2. The van der Waals surface area contributed by atoms with Gasteiger partial charge < -0.3 is 24.0 Å². The fraction of sp³-hybridized carbons (Fsp3) is 0.231. The monoisotopic (exact) mass is 990 g/mol. The molecule has 3 aromatic carbocycles. The van der Waals surface area contributed by atoms with Crippen molar-refractivity contribution >= 4 is 92.8 Å². The van der Waals surface area contributed by atoms with Crippen molar-refractivity contribution in [3.63, 3.8) is 0 Å². The number of sulfone groups is 1. The van der Waals surface area contributed by atoms with E-state index < -0.39 is 94.6 Å². The van der Waals surface area contributed by atoms with E-state index in [2.05, 4.69) is 15.9 Å². The predicted octanol–water partition coefficient (Wildman–Crippen LogP) is 2.13. The summed E-state index contributed by atoms with van der Waals surface area (Å²) < 4.78 is 107. The van der Waals surface area contributed by atoms with Crippen LogP contribution in [0, 0.1) is 0 Å². The van der Waals surface area contributed by atoms with Gasteiger partial charge in [-0.05, 0) is 78.2 Å². The van der Waals surface area contributed by atoms with E-state index in [1.807, 2.05) is 0 Å². The number of aliphatic carboxylic acids is 1. The Labute approximate surface area is 367 Å². The van der Waals surface area contributed by atoms with Crippen molar-refractivity contribution < 1.29 is 58.5 Å². The van der Waals surface area contributed by atoms with Crippen LogP contribution < -0.4 is 26.0 Å². The summed E-state index contributed by atoms with van der Waals surface area (Å²) in [5.74, 6) is -4.36. The number of carboxylic acid groups (broad SMARTS) is 1. The van der Waals surface area contributed by atoms with Crippen molar-refractivity contribution in [2.45, 2.75) is 36.9 Å². The van der Waals surface area contributed by atoms with Gasteiger partial charge in [0.05, 0.1) is 40.4 Å². The van der Waals surface area contributed by atoms with Crippen LogP contribution in [0.5, 0.6) is 5.75 Å². The van der Waals surface area contributed by atoms with Gasteiger partial charge in [-0.2, -0.15) is 16.8 Å². The second-order valence-corrected chi connectivity index (χ2v) is 20.8. The number of benzene rings is 3. The van der Waals surface area contributed by atoms with Crippen LogP contribution in [0.25, 0.3) is 11.8 Å². The molecule has 62 heavy (non-hydrogen) atoms. The molecule has 7 rings (SSSR count). The van der Waals surface area contributed by atoms with Crippen LogP contribution in [-0.4, -0.2) is 94.4 Å². The number of aromatic nitrogens is 2. The molecule has 0 bridgehead atoms. The van der Waals surface area contributed by atoms with Crippen molar-refractivity contribution in [3.8, 4) is 5.75 Å². The molecule has 1 amide bonds. The van der Waals surface area contributed by atoms with E-state index in [-0.39, 0.29) is 46.8 Å². The maximum atomic E-state index is 14.7. The Bertz CT molecular complexity index is 3130. The number of carbonyl (C=O) groups is 2. The summed E-state index contributed by atoms with van der Waals surface area (Å²) in [7, 11) is -12.9. The molecular weight excluding hydrogens is 957 g/mol. The summed E-state index contributed by atoms with van der Waals surface area (Å²) in [5.41, 5.74) is 0.592. The quantitative estimate of drug-likeness (QED) is 0.128. The number of hydrogen-bond acceptors (Lipinski definition) is 13. The Kier molecular flexibility index (Phi) is 12.5. The van der Waals surface area contributed by atoms with Crippen LogP contribution in [0.1, 0.15) is 23.6 Å². The van der Waals surface area contributed by atoms with Gasteiger partial charge in [0, 0.05) is 11.0 Å². The van der Waals surface area contributed by atoms with Gasteiger partial charge in [0.2, 0.25) is 11.6 Å². The summed E-state index contributed by atoms with van der Waals surface area (Å²) in [6, 6.07) is 18.9. The molecule has 3 aliphatic heterocycles. The van der Waals surface area contributed by atoms with E-state index >= 15 is 0 Å². The maximum Gasteiger partial charge on any atom is 0.323 e. The van der Waals surface area contributed by atoms with Gasteiger partial charge in [-0.1, -0.05) is 70.5 Å². The van der Waals surface area contributed by atoms with Crippen molar-refractivity contribution in [2.75, 3.05) is 28.7 Å². The van der Waals surface area contributed by atoms with Gasteiger partial charge in [0.25, 0.3) is 31.0 Å². The van der Waals surface area contributed by atoms with Crippen LogP contribution >= 0.6 is 28.1 Å². The largest absolute Gasteiger partial charge is 0.480 e. The third kappa shape index (κ3) is 9.78. The second-order valence-electron chi connectivity index (χ2n) is 14.3. The van der Waals surface area contributed by atoms with E-state index in [0.29, 0.717) is 26.4 Å². The molecule has 2 saturated heterocycles. The fourth-order valence-electron chi connectivity index (χ4n) is 7.26. The molecular formula is C39H35BrN4O14S4. The minimum atomic E-state index is -4.63.